The normalized spacial score (nSPS) is 33.8. The molecule has 1 spiro atoms. The van der Waals surface area contributed by atoms with E-state index in [2.05, 4.69) is 20.4 Å². The Balaban J connectivity index is 1.54. The summed E-state index contributed by atoms with van der Waals surface area (Å²) in [5.41, 5.74) is 0.969. The van der Waals surface area contributed by atoms with Crippen LogP contribution in [0.3, 0.4) is 0 Å². The van der Waals surface area contributed by atoms with E-state index in [9.17, 15) is 9.59 Å². The van der Waals surface area contributed by atoms with Gasteiger partial charge in [-0.3, -0.25) is 14.5 Å². The van der Waals surface area contributed by atoms with Crippen molar-refractivity contribution in [2.24, 2.45) is 11.8 Å². The monoisotopic (exact) mass is 354 g/mol. The molecule has 1 aromatic rings. The molecule has 2 amide bonds. The number of rotatable bonds is 3. The first-order valence-electron chi connectivity index (χ1n) is 9.76. The maximum atomic E-state index is 13.3. The summed E-state index contributed by atoms with van der Waals surface area (Å²) in [5, 5.41) is 5.86. The number of carbonyl (C=O) groups excluding carboxylic acids is 2. The van der Waals surface area contributed by atoms with Crippen LogP contribution in [0.15, 0.2) is 24.3 Å². The maximum Gasteiger partial charge on any atom is 0.250 e. The highest BCUT2D eigenvalue weighted by Crippen LogP contribution is 2.53. The number of carbonyl (C=O) groups is 2. The Bertz CT molecular complexity index is 762. The summed E-state index contributed by atoms with van der Waals surface area (Å²) in [6.07, 6.45) is 3.44. The van der Waals surface area contributed by atoms with Crippen molar-refractivity contribution in [2.45, 2.75) is 30.8 Å². The lowest BCUT2D eigenvalue weighted by atomic mass is 9.78. The van der Waals surface area contributed by atoms with E-state index in [1.165, 1.54) is 19.4 Å². The first-order valence-corrected chi connectivity index (χ1v) is 9.76. The van der Waals surface area contributed by atoms with Crippen LogP contribution in [-0.2, 0) is 15.1 Å². The summed E-state index contributed by atoms with van der Waals surface area (Å²) < 4.78 is 0. The molecule has 0 unspecified atom stereocenters. The smallest absolute Gasteiger partial charge is 0.250 e. The van der Waals surface area contributed by atoms with Crippen LogP contribution in [0.2, 0.25) is 0 Å². The lowest BCUT2D eigenvalue weighted by Crippen LogP contribution is -2.60. The lowest BCUT2D eigenvalue weighted by Gasteiger charge is -2.44. The van der Waals surface area contributed by atoms with Crippen molar-refractivity contribution >= 4 is 17.5 Å². The van der Waals surface area contributed by atoms with Crippen LogP contribution in [-0.4, -0.2) is 60.9 Å². The maximum absolute atomic E-state index is 13.3. The van der Waals surface area contributed by atoms with Crippen LogP contribution in [0, 0.1) is 11.8 Å². The lowest BCUT2D eigenvalue weighted by molar-refractivity contribution is -0.138. The van der Waals surface area contributed by atoms with Gasteiger partial charge in [-0.2, -0.15) is 0 Å². The molecule has 1 aromatic carbocycles. The second-order valence-electron chi connectivity index (χ2n) is 8.22. The number of nitrogens with one attached hydrogen (secondary N) is 2. The summed E-state index contributed by atoms with van der Waals surface area (Å²) in [6, 6.07) is 8.12. The van der Waals surface area contributed by atoms with Crippen LogP contribution >= 0.6 is 0 Å². The number of anilines is 1. The third-order valence-electron chi connectivity index (χ3n) is 6.74. The Kier molecular flexibility index (Phi) is 3.62. The van der Waals surface area contributed by atoms with Crippen LogP contribution in [0.1, 0.15) is 24.8 Å². The Morgan fingerprint density at radius 3 is 2.88 bits per heavy atom. The highest BCUT2D eigenvalue weighted by Gasteiger charge is 2.65. The molecule has 0 aromatic heterocycles. The number of fused-ring (bicyclic) bond motifs is 4. The Hall–Kier alpha value is -1.92. The van der Waals surface area contributed by atoms with Gasteiger partial charge < -0.3 is 15.5 Å². The Labute approximate surface area is 153 Å². The quantitative estimate of drug-likeness (QED) is 0.850. The zero-order valence-electron chi connectivity index (χ0n) is 15.2. The molecule has 2 saturated heterocycles. The fourth-order valence-electron chi connectivity index (χ4n) is 5.43. The van der Waals surface area contributed by atoms with E-state index in [0.717, 1.165) is 43.2 Å². The second kappa shape index (κ2) is 5.79. The van der Waals surface area contributed by atoms with Crippen LogP contribution in [0.25, 0.3) is 0 Å². The third kappa shape index (κ3) is 2.18. The second-order valence-corrected chi connectivity index (χ2v) is 8.22. The molecule has 3 heterocycles. The molecule has 6 heteroatoms. The molecule has 26 heavy (non-hydrogen) atoms. The molecule has 0 bridgehead atoms. The molecule has 5 rings (SSSR count). The van der Waals surface area contributed by atoms with Crippen molar-refractivity contribution < 1.29 is 9.59 Å². The fraction of sp³-hybridized carbons (Fsp3) is 0.600. The van der Waals surface area contributed by atoms with E-state index in [1.807, 2.05) is 24.3 Å². The van der Waals surface area contributed by atoms with E-state index >= 15 is 0 Å². The van der Waals surface area contributed by atoms with Gasteiger partial charge >= 0.3 is 0 Å². The first kappa shape index (κ1) is 16.3. The van der Waals surface area contributed by atoms with Gasteiger partial charge in [0.2, 0.25) is 11.8 Å². The number of hydrogen-bond acceptors (Lipinski definition) is 4. The van der Waals surface area contributed by atoms with Crippen molar-refractivity contribution in [1.29, 1.82) is 0 Å². The number of para-hydroxylation sites is 1. The first-order chi connectivity index (χ1) is 12.6. The predicted molar refractivity (Wildman–Crippen MR) is 98.6 cm³/mol. The molecule has 2 N–H and O–H groups in total. The van der Waals surface area contributed by atoms with Gasteiger partial charge in [0.1, 0.15) is 5.54 Å². The summed E-state index contributed by atoms with van der Waals surface area (Å²) in [5.74, 6) is 0.453. The van der Waals surface area contributed by atoms with E-state index in [1.54, 1.807) is 7.05 Å². The minimum Gasteiger partial charge on any atom is -0.359 e. The summed E-state index contributed by atoms with van der Waals surface area (Å²) in [7, 11) is 1.67. The number of piperazine rings is 1. The molecular formula is C20H26N4O2. The molecule has 4 aliphatic rings. The van der Waals surface area contributed by atoms with Crippen LogP contribution in [0.4, 0.5) is 5.69 Å². The molecular weight excluding hydrogens is 328 g/mol. The van der Waals surface area contributed by atoms with E-state index in [4.69, 9.17) is 0 Å². The Morgan fingerprint density at radius 1 is 1.31 bits per heavy atom. The van der Waals surface area contributed by atoms with E-state index < -0.39 is 5.54 Å². The number of benzene rings is 1. The average Bonchev–Trinajstić information content (AvgIpc) is 3.33. The standard InChI is InChI=1S/C20H26N4O2/c1-21-18(25)16-10-14-12-23(11-13-6-7-13)8-9-24(14)20(16)15-4-2-3-5-17(15)22-19(20)26/h2-5,13-14,16H,6-12H2,1H3,(H,21,25)(H,22,26)/t14-,16+,20-/m1/s1. The fourth-order valence-corrected chi connectivity index (χ4v) is 5.43. The topological polar surface area (TPSA) is 64.7 Å². The van der Waals surface area contributed by atoms with Crippen molar-refractivity contribution in [3.63, 3.8) is 0 Å². The largest absolute Gasteiger partial charge is 0.359 e. The predicted octanol–water partition coefficient (Wildman–Crippen LogP) is 0.996. The summed E-state index contributed by atoms with van der Waals surface area (Å²) in [6.45, 7) is 3.95. The number of nitrogens with zero attached hydrogens (tertiary/aromatic N) is 2. The summed E-state index contributed by atoms with van der Waals surface area (Å²) in [4.78, 5) is 30.9. The minimum absolute atomic E-state index is 0.0278. The SMILES string of the molecule is CNC(=O)[C@@H]1C[C@@H]2CN(CC3CC3)CCN2[C@@]12C(=O)Nc1ccccc12. The van der Waals surface area contributed by atoms with E-state index in [-0.39, 0.29) is 23.8 Å². The number of hydrogen-bond donors (Lipinski definition) is 2. The van der Waals surface area contributed by atoms with Gasteiger partial charge in [0, 0.05) is 50.5 Å². The zero-order valence-corrected chi connectivity index (χ0v) is 15.2. The van der Waals surface area contributed by atoms with Gasteiger partial charge in [0.05, 0.1) is 5.92 Å². The van der Waals surface area contributed by atoms with Crippen molar-refractivity contribution in [2.75, 3.05) is 38.5 Å². The molecule has 3 aliphatic heterocycles. The molecule has 1 aliphatic carbocycles. The van der Waals surface area contributed by atoms with Crippen molar-refractivity contribution in [3.8, 4) is 0 Å². The van der Waals surface area contributed by atoms with Crippen LogP contribution < -0.4 is 10.6 Å². The van der Waals surface area contributed by atoms with Gasteiger partial charge in [-0.25, -0.2) is 0 Å². The summed E-state index contributed by atoms with van der Waals surface area (Å²) >= 11 is 0. The van der Waals surface area contributed by atoms with Crippen molar-refractivity contribution in [1.82, 2.24) is 15.1 Å². The van der Waals surface area contributed by atoms with Gasteiger partial charge in [-0.05, 0) is 31.2 Å². The van der Waals surface area contributed by atoms with Gasteiger partial charge in [-0.1, -0.05) is 18.2 Å². The third-order valence-corrected chi connectivity index (χ3v) is 6.74. The van der Waals surface area contributed by atoms with Gasteiger partial charge in [-0.15, -0.1) is 0 Å². The van der Waals surface area contributed by atoms with Gasteiger partial charge in [0.25, 0.3) is 0 Å². The highest BCUT2D eigenvalue weighted by atomic mass is 16.2. The van der Waals surface area contributed by atoms with Crippen molar-refractivity contribution in [3.05, 3.63) is 29.8 Å². The molecule has 6 nitrogen and oxygen atoms in total. The van der Waals surface area contributed by atoms with Crippen LogP contribution in [0.5, 0.6) is 0 Å². The number of amides is 2. The molecule has 3 atom stereocenters. The minimum atomic E-state index is -0.854. The molecule has 3 fully saturated rings. The zero-order chi connectivity index (χ0) is 17.9. The average molecular weight is 354 g/mol. The highest BCUT2D eigenvalue weighted by molar-refractivity contribution is 6.09. The molecule has 1 saturated carbocycles. The Morgan fingerprint density at radius 2 is 2.12 bits per heavy atom. The van der Waals surface area contributed by atoms with E-state index in [0.29, 0.717) is 0 Å². The van der Waals surface area contributed by atoms with Gasteiger partial charge in [0.15, 0.2) is 0 Å². The molecule has 138 valence electrons. The molecule has 0 radical (unpaired) electrons.